The Morgan fingerprint density at radius 2 is 2.25 bits per heavy atom. The normalized spacial score (nSPS) is 19.3. The van der Waals surface area contributed by atoms with Gasteiger partial charge in [-0.15, -0.1) is 0 Å². The molecule has 88 valence electrons. The van der Waals surface area contributed by atoms with Crippen molar-refractivity contribution in [3.63, 3.8) is 0 Å². The SMILES string of the molecule is Nc1ccnc(NC2(CO)CCOCC2)c1. The Bertz CT molecular complexity index is 351. The minimum absolute atomic E-state index is 0.0762. The summed E-state index contributed by atoms with van der Waals surface area (Å²) in [6.07, 6.45) is 3.21. The van der Waals surface area contributed by atoms with Gasteiger partial charge in [0.1, 0.15) is 5.82 Å². The van der Waals surface area contributed by atoms with E-state index in [-0.39, 0.29) is 12.1 Å². The third-order valence-electron chi connectivity index (χ3n) is 2.93. The molecule has 0 atom stereocenters. The highest BCUT2D eigenvalue weighted by molar-refractivity contribution is 5.49. The molecule has 0 radical (unpaired) electrons. The van der Waals surface area contributed by atoms with Gasteiger partial charge in [0.2, 0.25) is 0 Å². The second-order valence-electron chi connectivity index (χ2n) is 4.15. The monoisotopic (exact) mass is 223 g/mol. The first-order valence-electron chi connectivity index (χ1n) is 5.42. The number of ether oxygens (including phenoxy) is 1. The zero-order valence-electron chi connectivity index (χ0n) is 9.15. The van der Waals surface area contributed by atoms with Gasteiger partial charge in [-0.2, -0.15) is 0 Å². The molecule has 0 bridgehead atoms. The molecule has 16 heavy (non-hydrogen) atoms. The first-order valence-corrected chi connectivity index (χ1v) is 5.42. The maximum Gasteiger partial charge on any atom is 0.128 e. The van der Waals surface area contributed by atoms with Crippen molar-refractivity contribution in [2.75, 3.05) is 30.9 Å². The number of aliphatic hydroxyl groups is 1. The third kappa shape index (κ3) is 2.43. The van der Waals surface area contributed by atoms with Crippen LogP contribution in [0.2, 0.25) is 0 Å². The average molecular weight is 223 g/mol. The lowest BCUT2D eigenvalue weighted by Crippen LogP contribution is -2.47. The van der Waals surface area contributed by atoms with Gasteiger partial charge in [0.25, 0.3) is 0 Å². The first kappa shape index (κ1) is 11.2. The zero-order chi connectivity index (χ0) is 11.4. The van der Waals surface area contributed by atoms with Crippen LogP contribution in [-0.2, 0) is 4.74 Å². The van der Waals surface area contributed by atoms with E-state index in [1.807, 2.05) is 0 Å². The van der Waals surface area contributed by atoms with E-state index in [0.717, 1.165) is 12.8 Å². The predicted molar refractivity (Wildman–Crippen MR) is 62.1 cm³/mol. The van der Waals surface area contributed by atoms with E-state index in [1.165, 1.54) is 0 Å². The smallest absolute Gasteiger partial charge is 0.128 e. The summed E-state index contributed by atoms with van der Waals surface area (Å²) in [6.45, 7) is 1.40. The van der Waals surface area contributed by atoms with Crippen LogP contribution in [0.1, 0.15) is 12.8 Å². The van der Waals surface area contributed by atoms with Crippen molar-refractivity contribution in [3.05, 3.63) is 18.3 Å². The number of nitrogens with two attached hydrogens (primary N) is 1. The molecule has 5 heteroatoms. The summed E-state index contributed by atoms with van der Waals surface area (Å²) in [5, 5.41) is 12.8. The van der Waals surface area contributed by atoms with Crippen LogP contribution in [0, 0.1) is 0 Å². The molecule has 0 saturated carbocycles. The molecular weight excluding hydrogens is 206 g/mol. The Balaban J connectivity index is 2.11. The number of nitrogen functional groups attached to an aromatic ring is 1. The topological polar surface area (TPSA) is 80.4 Å². The maximum absolute atomic E-state index is 9.50. The van der Waals surface area contributed by atoms with Crippen molar-refractivity contribution in [2.45, 2.75) is 18.4 Å². The summed E-state index contributed by atoms with van der Waals surface area (Å²) in [7, 11) is 0. The minimum atomic E-state index is -0.320. The molecule has 1 aromatic heterocycles. The van der Waals surface area contributed by atoms with Gasteiger partial charge in [0.05, 0.1) is 12.1 Å². The molecule has 1 fully saturated rings. The van der Waals surface area contributed by atoms with Gasteiger partial charge in [-0.05, 0) is 18.9 Å². The van der Waals surface area contributed by atoms with E-state index in [0.29, 0.717) is 24.7 Å². The largest absolute Gasteiger partial charge is 0.399 e. The van der Waals surface area contributed by atoms with Gasteiger partial charge in [-0.25, -0.2) is 4.98 Å². The summed E-state index contributed by atoms with van der Waals surface area (Å²) < 4.78 is 5.29. The lowest BCUT2D eigenvalue weighted by Gasteiger charge is -2.36. The molecule has 0 aromatic carbocycles. The van der Waals surface area contributed by atoms with E-state index in [4.69, 9.17) is 10.5 Å². The second-order valence-corrected chi connectivity index (χ2v) is 4.15. The van der Waals surface area contributed by atoms with Gasteiger partial charge in [0, 0.05) is 31.2 Å². The van der Waals surface area contributed by atoms with Crippen molar-refractivity contribution < 1.29 is 9.84 Å². The highest BCUT2D eigenvalue weighted by Gasteiger charge is 2.32. The standard InChI is InChI=1S/C11H17N3O2/c12-9-1-4-13-10(7-9)14-11(8-15)2-5-16-6-3-11/h1,4,7,15H,2-3,5-6,8H2,(H3,12,13,14). The van der Waals surface area contributed by atoms with Gasteiger partial charge in [-0.1, -0.05) is 0 Å². The Morgan fingerprint density at radius 1 is 1.50 bits per heavy atom. The highest BCUT2D eigenvalue weighted by atomic mass is 16.5. The summed E-state index contributed by atoms with van der Waals surface area (Å²) in [5.41, 5.74) is 6.03. The summed E-state index contributed by atoms with van der Waals surface area (Å²) >= 11 is 0. The summed E-state index contributed by atoms with van der Waals surface area (Å²) in [4.78, 5) is 4.18. The van der Waals surface area contributed by atoms with Crippen molar-refractivity contribution in [1.29, 1.82) is 0 Å². The van der Waals surface area contributed by atoms with Crippen LogP contribution in [0.5, 0.6) is 0 Å². The Hall–Kier alpha value is -1.33. The van der Waals surface area contributed by atoms with E-state index in [2.05, 4.69) is 10.3 Å². The third-order valence-corrected chi connectivity index (χ3v) is 2.93. The number of hydrogen-bond donors (Lipinski definition) is 3. The lowest BCUT2D eigenvalue weighted by molar-refractivity contribution is 0.0378. The number of rotatable bonds is 3. The highest BCUT2D eigenvalue weighted by Crippen LogP contribution is 2.25. The van der Waals surface area contributed by atoms with Gasteiger partial charge >= 0.3 is 0 Å². The Kier molecular flexibility index (Phi) is 3.26. The molecule has 1 saturated heterocycles. The number of anilines is 2. The van der Waals surface area contributed by atoms with Gasteiger partial charge in [-0.3, -0.25) is 0 Å². The lowest BCUT2D eigenvalue weighted by atomic mass is 9.91. The average Bonchev–Trinajstić information content (AvgIpc) is 2.30. The fourth-order valence-electron chi connectivity index (χ4n) is 1.87. The van der Waals surface area contributed by atoms with E-state index < -0.39 is 0 Å². The molecular formula is C11H17N3O2. The number of hydrogen-bond acceptors (Lipinski definition) is 5. The zero-order valence-corrected chi connectivity index (χ0v) is 9.15. The fourth-order valence-corrected chi connectivity index (χ4v) is 1.87. The molecule has 5 nitrogen and oxygen atoms in total. The van der Waals surface area contributed by atoms with E-state index >= 15 is 0 Å². The number of aliphatic hydroxyl groups excluding tert-OH is 1. The predicted octanol–water partition coefficient (Wildman–Crippen LogP) is 0.617. The molecule has 1 aromatic rings. The molecule has 2 rings (SSSR count). The van der Waals surface area contributed by atoms with Crippen LogP contribution in [0.15, 0.2) is 18.3 Å². The quantitative estimate of drug-likeness (QED) is 0.700. The second kappa shape index (κ2) is 4.67. The Labute approximate surface area is 94.6 Å². The van der Waals surface area contributed by atoms with Crippen LogP contribution in [-0.4, -0.2) is 35.5 Å². The van der Waals surface area contributed by atoms with Crippen LogP contribution < -0.4 is 11.1 Å². The molecule has 0 amide bonds. The number of aromatic nitrogens is 1. The number of nitrogens with one attached hydrogen (secondary N) is 1. The first-order chi connectivity index (χ1) is 7.74. The molecule has 0 unspecified atom stereocenters. The van der Waals surface area contributed by atoms with Gasteiger partial charge in [0.15, 0.2) is 0 Å². The minimum Gasteiger partial charge on any atom is -0.399 e. The maximum atomic E-state index is 9.50. The molecule has 1 aliphatic heterocycles. The number of nitrogens with zero attached hydrogens (tertiary/aromatic N) is 1. The fraction of sp³-hybridized carbons (Fsp3) is 0.545. The summed E-state index contributed by atoms with van der Waals surface area (Å²) in [5.74, 6) is 0.705. The van der Waals surface area contributed by atoms with Crippen molar-refractivity contribution in [3.8, 4) is 0 Å². The molecule has 0 spiro atoms. The van der Waals surface area contributed by atoms with Crippen LogP contribution in [0.3, 0.4) is 0 Å². The van der Waals surface area contributed by atoms with E-state index in [1.54, 1.807) is 18.3 Å². The van der Waals surface area contributed by atoms with Crippen LogP contribution in [0.25, 0.3) is 0 Å². The molecule has 4 N–H and O–H groups in total. The van der Waals surface area contributed by atoms with Gasteiger partial charge < -0.3 is 20.9 Å². The van der Waals surface area contributed by atoms with Crippen LogP contribution in [0.4, 0.5) is 11.5 Å². The van der Waals surface area contributed by atoms with Crippen LogP contribution >= 0.6 is 0 Å². The molecule has 2 heterocycles. The summed E-state index contributed by atoms with van der Waals surface area (Å²) in [6, 6.07) is 3.51. The van der Waals surface area contributed by atoms with E-state index in [9.17, 15) is 5.11 Å². The Morgan fingerprint density at radius 3 is 2.88 bits per heavy atom. The molecule has 1 aliphatic rings. The van der Waals surface area contributed by atoms with Crippen molar-refractivity contribution in [1.82, 2.24) is 4.98 Å². The number of pyridine rings is 1. The van der Waals surface area contributed by atoms with Crippen molar-refractivity contribution in [2.24, 2.45) is 0 Å². The molecule has 0 aliphatic carbocycles. The van der Waals surface area contributed by atoms with Crippen molar-refractivity contribution >= 4 is 11.5 Å².